The molecule has 0 saturated heterocycles. The summed E-state index contributed by atoms with van der Waals surface area (Å²) in [6, 6.07) is 8.50. The average molecular weight is 289 g/mol. The predicted molar refractivity (Wildman–Crippen MR) is 80.3 cm³/mol. The fourth-order valence-electron chi connectivity index (χ4n) is 3.60. The van der Waals surface area contributed by atoms with E-state index in [1.165, 1.54) is 11.1 Å². The van der Waals surface area contributed by atoms with Gasteiger partial charge in [-0.2, -0.15) is 0 Å². The number of aliphatic hydroxyl groups is 1. The lowest BCUT2D eigenvalue weighted by atomic mass is 9.77. The molecule has 3 rings (SSSR count). The van der Waals surface area contributed by atoms with Crippen molar-refractivity contribution in [2.24, 2.45) is 5.92 Å². The van der Waals surface area contributed by atoms with Crippen molar-refractivity contribution in [1.29, 1.82) is 0 Å². The number of aliphatic carboxylic acids is 1. The number of nitrogens with one attached hydrogen (secondary N) is 1. The molecule has 0 aromatic heterocycles. The van der Waals surface area contributed by atoms with Crippen LogP contribution in [0.3, 0.4) is 0 Å². The molecule has 21 heavy (non-hydrogen) atoms. The fraction of sp³-hybridized carbons (Fsp3) is 0.588. The average Bonchev–Trinajstić information content (AvgIpc) is 2.44. The zero-order valence-electron chi connectivity index (χ0n) is 12.2. The summed E-state index contributed by atoms with van der Waals surface area (Å²) in [5.41, 5.74) is 2.13. The molecule has 4 heteroatoms. The third-order valence-electron chi connectivity index (χ3n) is 5.07. The van der Waals surface area contributed by atoms with Crippen LogP contribution in [0.1, 0.15) is 42.7 Å². The highest BCUT2D eigenvalue weighted by atomic mass is 16.4. The van der Waals surface area contributed by atoms with E-state index in [1.807, 2.05) is 0 Å². The van der Waals surface area contributed by atoms with Crippen molar-refractivity contribution in [3.63, 3.8) is 0 Å². The molecule has 4 nitrogen and oxygen atoms in total. The van der Waals surface area contributed by atoms with E-state index in [-0.39, 0.29) is 5.92 Å². The molecule has 2 aliphatic rings. The van der Waals surface area contributed by atoms with Crippen LogP contribution in [-0.4, -0.2) is 34.9 Å². The van der Waals surface area contributed by atoms with Crippen molar-refractivity contribution in [3.05, 3.63) is 35.4 Å². The summed E-state index contributed by atoms with van der Waals surface area (Å²) >= 11 is 0. The summed E-state index contributed by atoms with van der Waals surface area (Å²) in [5, 5.41) is 22.9. The van der Waals surface area contributed by atoms with Crippen molar-refractivity contribution in [3.8, 4) is 0 Å². The zero-order chi connectivity index (χ0) is 14.9. The van der Waals surface area contributed by atoms with Gasteiger partial charge in [0.15, 0.2) is 0 Å². The Labute approximate surface area is 125 Å². The van der Waals surface area contributed by atoms with Gasteiger partial charge < -0.3 is 15.5 Å². The Bertz CT molecular complexity index is 521. The van der Waals surface area contributed by atoms with Crippen LogP contribution >= 0.6 is 0 Å². The number of hydrogen-bond acceptors (Lipinski definition) is 3. The van der Waals surface area contributed by atoms with E-state index in [4.69, 9.17) is 5.11 Å². The second kappa shape index (κ2) is 5.78. The van der Waals surface area contributed by atoms with Crippen molar-refractivity contribution < 1.29 is 15.0 Å². The topological polar surface area (TPSA) is 69.6 Å². The van der Waals surface area contributed by atoms with Crippen molar-refractivity contribution in [1.82, 2.24) is 5.32 Å². The minimum Gasteiger partial charge on any atom is -0.481 e. The van der Waals surface area contributed by atoms with E-state index in [0.717, 1.165) is 13.0 Å². The molecule has 1 fully saturated rings. The molecule has 114 valence electrons. The summed E-state index contributed by atoms with van der Waals surface area (Å²) in [5.74, 6) is -0.444. The normalized spacial score (nSPS) is 31.3. The standard InChI is InChI=1S/C17H23NO3/c19-16(20)12-5-7-17(21,8-6-12)11-18-10-14-9-13-3-1-2-4-15(13)14/h1-4,12,14,18,21H,5-11H2,(H,19,20). The highest BCUT2D eigenvalue weighted by molar-refractivity contribution is 5.70. The van der Waals surface area contributed by atoms with Crippen LogP contribution in [0, 0.1) is 5.92 Å². The largest absolute Gasteiger partial charge is 0.481 e. The van der Waals surface area contributed by atoms with Gasteiger partial charge in [0, 0.05) is 19.0 Å². The lowest BCUT2D eigenvalue weighted by molar-refractivity contribution is -0.144. The summed E-state index contributed by atoms with van der Waals surface area (Å²) < 4.78 is 0. The van der Waals surface area contributed by atoms with Gasteiger partial charge in [-0.05, 0) is 43.2 Å². The van der Waals surface area contributed by atoms with E-state index in [2.05, 4.69) is 29.6 Å². The first-order valence-electron chi connectivity index (χ1n) is 7.81. The second-order valence-electron chi connectivity index (χ2n) is 6.57. The van der Waals surface area contributed by atoms with E-state index < -0.39 is 11.6 Å². The van der Waals surface area contributed by atoms with Gasteiger partial charge in [-0.25, -0.2) is 0 Å². The van der Waals surface area contributed by atoms with Gasteiger partial charge in [0.25, 0.3) is 0 Å². The van der Waals surface area contributed by atoms with Crippen LogP contribution in [0.2, 0.25) is 0 Å². The molecule has 0 heterocycles. The molecule has 1 saturated carbocycles. The number of hydrogen-bond donors (Lipinski definition) is 3. The maximum Gasteiger partial charge on any atom is 0.306 e. The van der Waals surface area contributed by atoms with E-state index in [1.54, 1.807) is 0 Å². The maximum atomic E-state index is 10.9. The number of benzene rings is 1. The third-order valence-corrected chi connectivity index (χ3v) is 5.07. The molecule has 0 radical (unpaired) electrons. The minimum atomic E-state index is -0.727. The van der Waals surface area contributed by atoms with Gasteiger partial charge in [-0.1, -0.05) is 24.3 Å². The molecule has 0 bridgehead atoms. The number of carboxylic acid groups (broad SMARTS) is 1. The van der Waals surface area contributed by atoms with Crippen LogP contribution < -0.4 is 5.32 Å². The molecule has 0 amide bonds. The van der Waals surface area contributed by atoms with Gasteiger partial charge in [0.05, 0.1) is 11.5 Å². The summed E-state index contributed by atoms with van der Waals surface area (Å²) in [7, 11) is 0. The Kier molecular flexibility index (Phi) is 4.00. The zero-order valence-corrected chi connectivity index (χ0v) is 12.2. The minimum absolute atomic E-state index is 0.274. The molecule has 1 aromatic carbocycles. The molecule has 1 aromatic rings. The Morgan fingerprint density at radius 3 is 2.67 bits per heavy atom. The van der Waals surface area contributed by atoms with Gasteiger partial charge in [-0.3, -0.25) is 4.79 Å². The van der Waals surface area contributed by atoms with E-state index in [9.17, 15) is 9.90 Å². The number of rotatable bonds is 5. The molecule has 3 N–H and O–H groups in total. The van der Waals surface area contributed by atoms with E-state index in [0.29, 0.717) is 38.1 Å². The summed E-state index contributed by atoms with van der Waals surface area (Å²) in [4.78, 5) is 10.9. The molecule has 0 aliphatic heterocycles. The van der Waals surface area contributed by atoms with Crippen molar-refractivity contribution in [2.75, 3.05) is 13.1 Å². The Balaban J connectivity index is 1.43. The molecular weight excluding hydrogens is 266 g/mol. The first-order chi connectivity index (χ1) is 10.1. The molecule has 1 unspecified atom stereocenters. The second-order valence-corrected chi connectivity index (χ2v) is 6.57. The van der Waals surface area contributed by atoms with Crippen LogP contribution in [0.25, 0.3) is 0 Å². The smallest absolute Gasteiger partial charge is 0.306 e. The predicted octanol–water partition coefficient (Wildman–Crippen LogP) is 1.92. The number of fused-ring (bicyclic) bond motifs is 1. The number of carbonyl (C=O) groups is 1. The molecule has 0 spiro atoms. The number of carboxylic acids is 1. The SMILES string of the molecule is O=C(O)C1CCC(O)(CNCC2Cc3ccccc32)CC1. The lowest BCUT2D eigenvalue weighted by Crippen LogP contribution is -2.45. The Hall–Kier alpha value is -1.39. The highest BCUT2D eigenvalue weighted by Gasteiger charge is 2.35. The van der Waals surface area contributed by atoms with Crippen LogP contribution in [0.15, 0.2) is 24.3 Å². The molecule has 1 atom stereocenters. The van der Waals surface area contributed by atoms with Crippen molar-refractivity contribution >= 4 is 5.97 Å². The van der Waals surface area contributed by atoms with Gasteiger partial charge in [0.1, 0.15) is 0 Å². The molecular formula is C17H23NO3. The third kappa shape index (κ3) is 3.11. The summed E-state index contributed by atoms with van der Waals surface area (Å²) in [6.45, 7) is 1.46. The Morgan fingerprint density at radius 2 is 2.00 bits per heavy atom. The van der Waals surface area contributed by atoms with Gasteiger partial charge >= 0.3 is 5.97 Å². The van der Waals surface area contributed by atoms with E-state index >= 15 is 0 Å². The van der Waals surface area contributed by atoms with Crippen LogP contribution in [0.4, 0.5) is 0 Å². The van der Waals surface area contributed by atoms with Crippen LogP contribution in [-0.2, 0) is 11.2 Å². The fourth-order valence-corrected chi connectivity index (χ4v) is 3.60. The first-order valence-corrected chi connectivity index (χ1v) is 7.81. The lowest BCUT2D eigenvalue weighted by Gasteiger charge is -2.36. The first kappa shape index (κ1) is 14.5. The van der Waals surface area contributed by atoms with Gasteiger partial charge in [0.2, 0.25) is 0 Å². The van der Waals surface area contributed by atoms with Crippen molar-refractivity contribution in [2.45, 2.75) is 43.6 Å². The van der Waals surface area contributed by atoms with Gasteiger partial charge in [-0.15, -0.1) is 0 Å². The quantitative estimate of drug-likeness (QED) is 0.774. The van der Waals surface area contributed by atoms with Crippen LogP contribution in [0.5, 0.6) is 0 Å². The highest BCUT2D eigenvalue weighted by Crippen LogP contribution is 2.35. The maximum absolute atomic E-state index is 10.9. The Morgan fingerprint density at radius 1 is 1.29 bits per heavy atom. The monoisotopic (exact) mass is 289 g/mol. The summed E-state index contributed by atoms with van der Waals surface area (Å²) in [6.07, 6.45) is 3.44. The molecule has 2 aliphatic carbocycles.